The first kappa shape index (κ1) is 14.5. The number of sulfonamides is 1. The van der Waals surface area contributed by atoms with Crippen LogP contribution in [0, 0.1) is 0 Å². The molecule has 0 spiro atoms. The normalized spacial score (nSPS) is 19.4. The SMILES string of the molecule is O=C1CCC(CNS(=O)(=O)c2ccc(CBr)cc2)N1. The molecule has 1 heterocycles. The third kappa shape index (κ3) is 3.77. The van der Waals surface area contributed by atoms with Gasteiger partial charge in [-0.3, -0.25) is 4.79 Å². The van der Waals surface area contributed by atoms with E-state index in [4.69, 9.17) is 0 Å². The molecule has 2 rings (SSSR count). The van der Waals surface area contributed by atoms with E-state index < -0.39 is 10.0 Å². The number of carbonyl (C=O) groups is 1. The van der Waals surface area contributed by atoms with E-state index in [0.29, 0.717) is 18.2 Å². The summed E-state index contributed by atoms with van der Waals surface area (Å²) in [5.41, 5.74) is 1.02. The topological polar surface area (TPSA) is 75.3 Å². The van der Waals surface area contributed by atoms with Gasteiger partial charge in [0.15, 0.2) is 0 Å². The van der Waals surface area contributed by atoms with Crippen LogP contribution < -0.4 is 10.0 Å². The molecule has 1 aromatic rings. The quantitative estimate of drug-likeness (QED) is 0.785. The lowest BCUT2D eigenvalue weighted by Gasteiger charge is -2.12. The predicted molar refractivity (Wildman–Crippen MR) is 75.4 cm³/mol. The summed E-state index contributed by atoms with van der Waals surface area (Å²) in [5.74, 6) is -0.0223. The van der Waals surface area contributed by atoms with Gasteiger partial charge in [-0.25, -0.2) is 13.1 Å². The van der Waals surface area contributed by atoms with Gasteiger partial charge >= 0.3 is 0 Å². The van der Waals surface area contributed by atoms with Crippen molar-refractivity contribution < 1.29 is 13.2 Å². The van der Waals surface area contributed by atoms with Crippen molar-refractivity contribution in [3.05, 3.63) is 29.8 Å². The zero-order valence-electron chi connectivity index (χ0n) is 10.2. The smallest absolute Gasteiger partial charge is 0.240 e. The molecule has 7 heteroatoms. The number of benzene rings is 1. The maximum atomic E-state index is 12.0. The van der Waals surface area contributed by atoms with Gasteiger partial charge in [0.1, 0.15) is 0 Å². The molecule has 1 aliphatic rings. The van der Waals surface area contributed by atoms with Crippen molar-refractivity contribution in [3.63, 3.8) is 0 Å². The molecule has 0 radical (unpaired) electrons. The molecule has 104 valence electrons. The summed E-state index contributed by atoms with van der Waals surface area (Å²) in [4.78, 5) is 11.3. The van der Waals surface area contributed by atoms with Crippen molar-refractivity contribution in [2.75, 3.05) is 6.54 Å². The van der Waals surface area contributed by atoms with Crippen molar-refractivity contribution in [3.8, 4) is 0 Å². The number of hydrogen-bond donors (Lipinski definition) is 2. The summed E-state index contributed by atoms with van der Waals surface area (Å²) in [6.45, 7) is 0.230. The first-order chi connectivity index (χ1) is 9.01. The Balaban J connectivity index is 1.99. The highest BCUT2D eigenvalue weighted by Crippen LogP contribution is 2.13. The first-order valence-electron chi connectivity index (χ1n) is 5.95. The number of amides is 1. The Morgan fingerprint density at radius 2 is 2.00 bits per heavy atom. The minimum atomic E-state index is -3.51. The van der Waals surface area contributed by atoms with Crippen LogP contribution in [0.5, 0.6) is 0 Å². The van der Waals surface area contributed by atoms with Crippen LogP contribution in [0.4, 0.5) is 0 Å². The summed E-state index contributed by atoms with van der Waals surface area (Å²) in [6, 6.07) is 6.57. The molecule has 5 nitrogen and oxygen atoms in total. The van der Waals surface area contributed by atoms with E-state index in [1.165, 1.54) is 0 Å². The number of halogens is 1. The Hall–Kier alpha value is -0.920. The molecule has 0 bridgehead atoms. The molecular formula is C12H15BrN2O3S. The van der Waals surface area contributed by atoms with Crippen LogP contribution in [0.3, 0.4) is 0 Å². The van der Waals surface area contributed by atoms with Crippen LogP contribution in [0.1, 0.15) is 18.4 Å². The maximum absolute atomic E-state index is 12.0. The van der Waals surface area contributed by atoms with Gasteiger partial charge in [-0.05, 0) is 24.1 Å². The largest absolute Gasteiger partial charge is 0.352 e. The van der Waals surface area contributed by atoms with Crippen LogP contribution in [-0.2, 0) is 20.1 Å². The standard InChI is InChI=1S/C12H15BrN2O3S/c13-7-9-1-4-11(5-2-9)19(17,18)14-8-10-3-6-12(16)15-10/h1-2,4-5,10,14H,3,6-8H2,(H,15,16). The van der Waals surface area contributed by atoms with Gasteiger partial charge in [0.2, 0.25) is 15.9 Å². The fraction of sp³-hybridized carbons (Fsp3) is 0.417. The molecule has 0 aliphatic carbocycles. The van der Waals surface area contributed by atoms with E-state index >= 15 is 0 Å². The maximum Gasteiger partial charge on any atom is 0.240 e. The van der Waals surface area contributed by atoms with Gasteiger partial charge in [-0.2, -0.15) is 0 Å². The average Bonchev–Trinajstić information content (AvgIpc) is 2.82. The van der Waals surface area contributed by atoms with Crippen molar-refractivity contribution in [1.29, 1.82) is 0 Å². The molecular weight excluding hydrogens is 332 g/mol. The number of rotatable bonds is 5. The summed E-state index contributed by atoms with van der Waals surface area (Å²) in [6.07, 6.45) is 1.14. The fourth-order valence-electron chi connectivity index (χ4n) is 1.88. The Morgan fingerprint density at radius 3 is 2.53 bits per heavy atom. The molecule has 1 atom stereocenters. The van der Waals surface area contributed by atoms with E-state index in [1.54, 1.807) is 24.3 Å². The second-order valence-corrected chi connectivity index (χ2v) is 6.76. The van der Waals surface area contributed by atoms with Crippen LogP contribution >= 0.6 is 15.9 Å². The highest BCUT2D eigenvalue weighted by molar-refractivity contribution is 9.08. The lowest BCUT2D eigenvalue weighted by molar-refractivity contribution is -0.119. The van der Waals surface area contributed by atoms with E-state index in [9.17, 15) is 13.2 Å². The van der Waals surface area contributed by atoms with Gasteiger partial charge in [-0.1, -0.05) is 28.1 Å². The molecule has 0 aromatic heterocycles. The van der Waals surface area contributed by atoms with Crippen LogP contribution in [-0.4, -0.2) is 26.9 Å². The molecule has 1 aromatic carbocycles. The predicted octanol–water partition coefficient (Wildman–Crippen LogP) is 1.14. The molecule has 1 fully saturated rings. The Bertz CT molecular complexity index is 557. The summed E-state index contributed by atoms with van der Waals surface area (Å²) < 4.78 is 26.6. The van der Waals surface area contributed by atoms with E-state index in [2.05, 4.69) is 26.0 Å². The summed E-state index contributed by atoms with van der Waals surface area (Å²) in [7, 11) is -3.51. The second-order valence-electron chi connectivity index (χ2n) is 4.43. The van der Waals surface area contributed by atoms with E-state index in [-0.39, 0.29) is 23.4 Å². The number of carbonyl (C=O) groups excluding carboxylic acids is 1. The highest BCUT2D eigenvalue weighted by atomic mass is 79.9. The number of hydrogen-bond acceptors (Lipinski definition) is 3. The molecule has 1 saturated heterocycles. The monoisotopic (exact) mass is 346 g/mol. The Labute approximate surface area is 121 Å². The minimum Gasteiger partial charge on any atom is -0.352 e. The van der Waals surface area contributed by atoms with Crippen molar-refractivity contribution in [1.82, 2.24) is 10.0 Å². The van der Waals surface area contributed by atoms with Crippen LogP contribution in [0.2, 0.25) is 0 Å². The lowest BCUT2D eigenvalue weighted by atomic mass is 10.2. The lowest BCUT2D eigenvalue weighted by Crippen LogP contribution is -2.38. The second kappa shape index (κ2) is 6.02. The molecule has 1 unspecified atom stereocenters. The number of alkyl halides is 1. The Kier molecular flexibility index (Phi) is 4.59. The van der Waals surface area contributed by atoms with Crippen LogP contribution in [0.25, 0.3) is 0 Å². The fourth-order valence-corrected chi connectivity index (χ4v) is 3.34. The average molecular weight is 347 g/mol. The molecule has 0 saturated carbocycles. The molecule has 1 amide bonds. The molecule has 1 aliphatic heterocycles. The van der Waals surface area contributed by atoms with Gasteiger partial charge in [-0.15, -0.1) is 0 Å². The zero-order valence-corrected chi connectivity index (χ0v) is 12.6. The summed E-state index contributed by atoms with van der Waals surface area (Å²) in [5, 5.41) is 3.41. The third-order valence-electron chi connectivity index (χ3n) is 2.99. The molecule has 19 heavy (non-hydrogen) atoms. The zero-order chi connectivity index (χ0) is 13.9. The minimum absolute atomic E-state index is 0.0223. The van der Waals surface area contributed by atoms with Crippen LogP contribution in [0.15, 0.2) is 29.2 Å². The van der Waals surface area contributed by atoms with Gasteiger partial charge in [0.05, 0.1) is 4.90 Å². The van der Waals surface area contributed by atoms with Gasteiger partial charge in [0, 0.05) is 24.3 Å². The molecule has 2 N–H and O–H groups in total. The van der Waals surface area contributed by atoms with E-state index in [0.717, 1.165) is 5.56 Å². The number of nitrogens with one attached hydrogen (secondary N) is 2. The van der Waals surface area contributed by atoms with Crippen molar-refractivity contribution >= 4 is 31.9 Å². The highest BCUT2D eigenvalue weighted by Gasteiger charge is 2.23. The van der Waals surface area contributed by atoms with Crippen molar-refractivity contribution in [2.45, 2.75) is 29.1 Å². The van der Waals surface area contributed by atoms with Gasteiger partial charge in [0.25, 0.3) is 0 Å². The third-order valence-corrected chi connectivity index (χ3v) is 5.08. The van der Waals surface area contributed by atoms with E-state index in [1.807, 2.05) is 0 Å². The summed E-state index contributed by atoms with van der Waals surface area (Å²) >= 11 is 3.31. The first-order valence-corrected chi connectivity index (χ1v) is 8.55. The van der Waals surface area contributed by atoms with Crippen molar-refractivity contribution in [2.24, 2.45) is 0 Å². The van der Waals surface area contributed by atoms with Gasteiger partial charge < -0.3 is 5.32 Å². The Morgan fingerprint density at radius 1 is 1.32 bits per heavy atom.